The van der Waals surface area contributed by atoms with E-state index >= 15 is 0 Å². The number of hydrogen-bond donors (Lipinski definition) is 3. The highest BCUT2D eigenvalue weighted by atomic mass is 19.1. The van der Waals surface area contributed by atoms with Crippen LogP contribution in [0.1, 0.15) is 84.2 Å². The molecule has 4 aromatic rings. The summed E-state index contributed by atoms with van der Waals surface area (Å²) in [5, 5.41) is 16.4. The smallest absolute Gasteiger partial charge is 0.339 e. The van der Waals surface area contributed by atoms with Crippen LogP contribution in [0.3, 0.4) is 0 Å². The van der Waals surface area contributed by atoms with Gasteiger partial charge >= 0.3 is 5.97 Å². The molecule has 284 valence electrons. The molecule has 3 N–H and O–H groups in total. The Hall–Kier alpha value is -5.51. The summed E-state index contributed by atoms with van der Waals surface area (Å²) in [7, 11) is 1.80. The molecule has 5 heterocycles. The molecule has 7 rings (SSSR count). The highest BCUT2D eigenvalue weighted by Crippen LogP contribution is 2.32. The number of nitrogens with zero attached hydrogens (tertiary/aromatic N) is 8. The van der Waals surface area contributed by atoms with E-state index in [2.05, 4.69) is 35.4 Å². The predicted molar refractivity (Wildman–Crippen MR) is 201 cm³/mol. The fourth-order valence-corrected chi connectivity index (χ4v) is 8.09. The molecule has 0 radical (unpaired) electrons. The van der Waals surface area contributed by atoms with E-state index < -0.39 is 11.9 Å². The molecule has 3 fully saturated rings. The maximum absolute atomic E-state index is 13.7. The lowest BCUT2D eigenvalue weighted by atomic mass is 10.0. The van der Waals surface area contributed by atoms with E-state index in [9.17, 15) is 28.7 Å². The number of likely N-dealkylation sites (N-methyl/N-ethyl adjacent to an activating group) is 1. The van der Waals surface area contributed by atoms with Crippen molar-refractivity contribution in [1.29, 1.82) is 0 Å². The number of halogens is 1. The third kappa shape index (κ3) is 7.60. The molecule has 0 aromatic carbocycles. The number of aromatic carboxylic acids is 1. The first-order valence-electron chi connectivity index (χ1n) is 18.5. The summed E-state index contributed by atoms with van der Waals surface area (Å²) in [5.74, 6) is -1.30. The first-order chi connectivity index (χ1) is 26.0. The second-order valence-electron chi connectivity index (χ2n) is 14.5. The highest BCUT2D eigenvalue weighted by molar-refractivity contribution is 5.99. The number of carbonyl (C=O) groups excluding carboxylic acids is 2. The topological polar surface area (TPSA) is 179 Å². The SMILES string of the molecule is CC(=O)c1c(C)c2cnc(Nc3ccc(N4CCN(CC(=O)N(C)C5CCC(Nc6nc(F)ccc6C(=O)O)C5)CC4)cn3)nc2n(C2CCCC2)c1=O. The lowest BCUT2D eigenvalue weighted by Gasteiger charge is -2.36. The van der Waals surface area contributed by atoms with Crippen molar-refractivity contribution >= 4 is 52.0 Å². The predicted octanol–water partition coefficient (Wildman–Crippen LogP) is 4.40. The zero-order valence-corrected chi connectivity index (χ0v) is 30.7. The van der Waals surface area contributed by atoms with Crippen LogP contribution in [-0.4, -0.2) is 109 Å². The van der Waals surface area contributed by atoms with Crippen LogP contribution in [0.25, 0.3) is 11.0 Å². The summed E-state index contributed by atoms with van der Waals surface area (Å²) >= 11 is 0. The van der Waals surface area contributed by atoms with E-state index in [1.54, 1.807) is 35.8 Å². The number of carboxylic acids is 1. The summed E-state index contributed by atoms with van der Waals surface area (Å²) in [5.41, 5.74) is 1.89. The molecule has 54 heavy (non-hydrogen) atoms. The molecule has 2 saturated carbocycles. The Morgan fingerprint density at radius 2 is 1.74 bits per heavy atom. The number of aromatic nitrogens is 5. The molecule has 2 atom stereocenters. The molecule has 2 aliphatic carbocycles. The van der Waals surface area contributed by atoms with Crippen LogP contribution >= 0.6 is 0 Å². The van der Waals surface area contributed by atoms with Gasteiger partial charge in [-0.2, -0.15) is 9.37 Å². The third-order valence-corrected chi connectivity index (χ3v) is 11.1. The quantitative estimate of drug-likeness (QED) is 0.146. The summed E-state index contributed by atoms with van der Waals surface area (Å²) in [6.45, 7) is 6.35. The van der Waals surface area contributed by atoms with Crippen LogP contribution in [0.2, 0.25) is 0 Å². The van der Waals surface area contributed by atoms with Crippen LogP contribution in [-0.2, 0) is 4.79 Å². The molecule has 1 amide bonds. The molecule has 4 aromatic heterocycles. The average Bonchev–Trinajstić information content (AvgIpc) is 3.85. The van der Waals surface area contributed by atoms with Crippen molar-refractivity contribution in [2.24, 2.45) is 0 Å². The van der Waals surface area contributed by atoms with Gasteiger partial charge in [-0.15, -0.1) is 0 Å². The third-order valence-electron chi connectivity index (χ3n) is 11.1. The Morgan fingerprint density at radius 1 is 0.981 bits per heavy atom. The van der Waals surface area contributed by atoms with Gasteiger partial charge in [-0.05, 0) is 75.8 Å². The molecule has 16 heteroatoms. The van der Waals surface area contributed by atoms with Crippen molar-refractivity contribution in [3.8, 4) is 0 Å². The minimum Gasteiger partial charge on any atom is -0.478 e. The minimum atomic E-state index is -1.18. The number of piperazine rings is 1. The monoisotopic (exact) mass is 740 g/mol. The first kappa shape index (κ1) is 36.8. The maximum atomic E-state index is 13.7. The Balaban J connectivity index is 0.927. The Bertz CT molecular complexity index is 2130. The van der Waals surface area contributed by atoms with Gasteiger partial charge in [0.25, 0.3) is 5.56 Å². The summed E-state index contributed by atoms with van der Waals surface area (Å²) in [4.78, 5) is 74.6. The molecule has 1 saturated heterocycles. The van der Waals surface area contributed by atoms with E-state index in [0.717, 1.165) is 56.9 Å². The zero-order chi connectivity index (χ0) is 38.1. The summed E-state index contributed by atoms with van der Waals surface area (Å²) in [6, 6.07) is 5.92. The van der Waals surface area contributed by atoms with Crippen LogP contribution in [0, 0.1) is 12.9 Å². The van der Waals surface area contributed by atoms with Gasteiger partial charge in [0.15, 0.2) is 5.78 Å². The maximum Gasteiger partial charge on any atom is 0.339 e. The highest BCUT2D eigenvalue weighted by Gasteiger charge is 2.32. The van der Waals surface area contributed by atoms with Gasteiger partial charge in [-0.25, -0.2) is 19.7 Å². The van der Waals surface area contributed by atoms with Gasteiger partial charge in [0.2, 0.25) is 17.8 Å². The number of carboxylic acid groups (broad SMARTS) is 1. The Morgan fingerprint density at radius 3 is 2.43 bits per heavy atom. The van der Waals surface area contributed by atoms with Gasteiger partial charge < -0.3 is 25.5 Å². The Labute approximate surface area is 311 Å². The first-order valence-corrected chi connectivity index (χ1v) is 18.5. The van der Waals surface area contributed by atoms with Gasteiger partial charge in [0.05, 0.1) is 24.0 Å². The number of pyridine rings is 3. The van der Waals surface area contributed by atoms with Crippen LogP contribution in [0.5, 0.6) is 0 Å². The fraction of sp³-hybridized carbons (Fsp3) is 0.474. The van der Waals surface area contributed by atoms with Gasteiger partial charge in [-0.1, -0.05) is 12.8 Å². The fourth-order valence-electron chi connectivity index (χ4n) is 8.09. The normalized spacial score (nSPS) is 19.3. The van der Waals surface area contributed by atoms with Gasteiger partial charge in [0, 0.05) is 62.9 Å². The van der Waals surface area contributed by atoms with Crippen LogP contribution in [0.4, 0.5) is 27.7 Å². The van der Waals surface area contributed by atoms with Crippen molar-refractivity contribution in [2.45, 2.75) is 76.9 Å². The molecule has 2 unspecified atom stereocenters. The average molecular weight is 741 g/mol. The van der Waals surface area contributed by atoms with E-state index in [-0.39, 0.29) is 52.3 Å². The lowest BCUT2D eigenvalue weighted by Crippen LogP contribution is -2.50. The molecule has 0 spiro atoms. The zero-order valence-electron chi connectivity index (χ0n) is 30.7. The van der Waals surface area contributed by atoms with Crippen molar-refractivity contribution < 1.29 is 23.9 Å². The number of amides is 1. The van der Waals surface area contributed by atoms with E-state index in [0.29, 0.717) is 60.8 Å². The Kier molecular flexibility index (Phi) is 10.5. The molecular weight excluding hydrogens is 695 g/mol. The molecular formula is C38H45FN10O5. The van der Waals surface area contributed by atoms with E-state index in [1.807, 2.05) is 12.1 Å². The van der Waals surface area contributed by atoms with Crippen LogP contribution < -0.4 is 21.1 Å². The molecule has 15 nitrogen and oxygen atoms in total. The van der Waals surface area contributed by atoms with E-state index in [4.69, 9.17) is 4.98 Å². The number of hydrogen-bond acceptors (Lipinski definition) is 12. The number of carbonyl (C=O) groups is 3. The number of rotatable bonds is 11. The summed E-state index contributed by atoms with van der Waals surface area (Å²) < 4.78 is 15.4. The molecule has 3 aliphatic rings. The summed E-state index contributed by atoms with van der Waals surface area (Å²) in [6.07, 6.45) is 9.31. The lowest BCUT2D eigenvalue weighted by molar-refractivity contribution is -0.133. The molecule has 1 aliphatic heterocycles. The van der Waals surface area contributed by atoms with Gasteiger partial charge in [-0.3, -0.25) is 23.9 Å². The van der Waals surface area contributed by atoms with Crippen molar-refractivity contribution in [2.75, 3.05) is 55.3 Å². The number of anilines is 4. The minimum absolute atomic E-state index is 0.00732. The number of ketones is 1. The van der Waals surface area contributed by atoms with Gasteiger partial charge in [0.1, 0.15) is 22.8 Å². The molecule has 0 bridgehead atoms. The second-order valence-corrected chi connectivity index (χ2v) is 14.5. The van der Waals surface area contributed by atoms with Crippen molar-refractivity contribution in [3.63, 3.8) is 0 Å². The second kappa shape index (κ2) is 15.5. The largest absolute Gasteiger partial charge is 0.478 e. The van der Waals surface area contributed by atoms with Crippen molar-refractivity contribution in [1.82, 2.24) is 34.3 Å². The number of fused-ring (bicyclic) bond motifs is 1. The standard InChI is InChI=1S/C38H45FN10O5/c1-22-29-20-41-38(45-35(29)49(25-6-4-5-7-25)36(52)33(22)23(2)50)44-31-13-10-27(19-40-31)48-16-14-47(15-17-48)21-32(51)46(3)26-9-8-24(18-26)42-34-28(37(53)54)11-12-30(39)43-34/h10-13,19-20,24-26H,4-9,14-18,21H2,1-3H3,(H,42,43)(H,53,54)(H,40,41,44,45). The number of nitrogens with one attached hydrogen (secondary N) is 2. The van der Waals surface area contributed by atoms with E-state index in [1.165, 1.54) is 13.0 Å². The van der Waals surface area contributed by atoms with Crippen LogP contribution in [0.15, 0.2) is 41.5 Å². The number of Topliss-reactive ketones (excluding diaryl/α,β-unsaturated/α-hetero) is 1. The van der Waals surface area contributed by atoms with Crippen molar-refractivity contribution in [3.05, 3.63) is 69.7 Å². The number of aryl methyl sites for hydroxylation is 1.